The Labute approximate surface area is 144 Å². The molecule has 0 spiro atoms. The molecule has 1 aliphatic rings. The Morgan fingerprint density at radius 2 is 1.92 bits per heavy atom. The summed E-state index contributed by atoms with van der Waals surface area (Å²) in [5, 5.41) is 20.8. The van der Waals surface area contributed by atoms with Crippen molar-refractivity contribution in [1.29, 1.82) is 0 Å². The fraction of sp³-hybridized carbons (Fsp3) is 0.500. The lowest BCUT2D eigenvalue weighted by Crippen LogP contribution is -2.58. The number of para-hydroxylation sites is 2. The molecule has 1 atom stereocenters. The number of carbonyl (C=O) groups is 2. The normalized spacial score (nSPS) is 18.0. The highest BCUT2D eigenvalue weighted by Crippen LogP contribution is 2.31. The molecule has 1 amide bonds. The first-order valence-electron chi connectivity index (χ1n) is 7.81. The SMILES string of the molecule is CC(C)(C)OC(=O)N1CCN(c2ccccc2[N+](=O)[O-])[C@H](C(=O)O)C1. The summed E-state index contributed by atoms with van der Waals surface area (Å²) in [6.45, 7) is 5.43. The van der Waals surface area contributed by atoms with Crippen molar-refractivity contribution in [3.63, 3.8) is 0 Å². The van der Waals surface area contributed by atoms with E-state index in [2.05, 4.69) is 0 Å². The molecule has 0 unspecified atom stereocenters. The number of amides is 1. The third-order valence-corrected chi connectivity index (χ3v) is 3.70. The molecule has 1 aliphatic heterocycles. The molecule has 2 rings (SSSR count). The number of carboxylic acids is 1. The highest BCUT2D eigenvalue weighted by Gasteiger charge is 2.38. The summed E-state index contributed by atoms with van der Waals surface area (Å²) >= 11 is 0. The maximum Gasteiger partial charge on any atom is 0.410 e. The van der Waals surface area contributed by atoms with Crippen LogP contribution in [-0.4, -0.2) is 58.3 Å². The van der Waals surface area contributed by atoms with Gasteiger partial charge in [0, 0.05) is 19.2 Å². The van der Waals surface area contributed by atoms with Gasteiger partial charge in [-0.2, -0.15) is 0 Å². The molecule has 0 bridgehead atoms. The first-order valence-corrected chi connectivity index (χ1v) is 7.81. The lowest BCUT2D eigenvalue weighted by Gasteiger charge is -2.40. The van der Waals surface area contributed by atoms with Crippen molar-refractivity contribution >= 4 is 23.4 Å². The lowest BCUT2D eigenvalue weighted by atomic mass is 10.1. The van der Waals surface area contributed by atoms with Crippen LogP contribution in [0.2, 0.25) is 0 Å². The smallest absolute Gasteiger partial charge is 0.410 e. The number of aliphatic carboxylic acids is 1. The topological polar surface area (TPSA) is 113 Å². The molecule has 9 nitrogen and oxygen atoms in total. The van der Waals surface area contributed by atoms with E-state index in [1.165, 1.54) is 28.0 Å². The molecule has 1 saturated heterocycles. The fourth-order valence-electron chi connectivity index (χ4n) is 2.64. The number of anilines is 1. The number of nitro groups is 1. The van der Waals surface area contributed by atoms with E-state index in [1.54, 1.807) is 26.8 Å². The Morgan fingerprint density at radius 3 is 2.48 bits per heavy atom. The van der Waals surface area contributed by atoms with E-state index >= 15 is 0 Å². The van der Waals surface area contributed by atoms with Crippen LogP contribution in [0.3, 0.4) is 0 Å². The molecular weight excluding hydrogens is 330 g/mol. The number of nitro benzene ring substituents is 1. The Morgan fingerprint density at radius 1 is 1.28 bits per heavy atom. The van der Waals surface area contributed by atoms with Crippen LogP contribution in [0.4, 0.5) is 16.2 Å². The van der Waals surface area contributed by atoms with Gasteiger partial charge in [-0.3, -0.25) is 10.1 Å². The third-order valence-electron chi connectivity index (χ3n) is 3.70. The molecular formula is C16H21N3O6. The van der Waals surface area contributed by atoms with Crippen LogP contribution in [-0.2, 0) is 9.53 Å². The maximum absolute atomic E-state index is 12.2. The number of benzene rings is 1. The second kappa shape index (κ2) is 6.96. The van der Waals surface area contributed by atoms with Crippen molar-refractivity contribution in [3.05, 3.63) is 34.4 Å². The minimum absolute atomic E-state index is 0.115. The van der Waals surface area contributed by atoms with Crippen LogP contribution in [0, 0.1) is 10.1 Å². The van der Waals surface area contributed by atoms with Crippen molar-refractivity contribution in [2.45, 2.75) is 32.4 Å². The molecule has 0 saturated carbocycles. The number of carbonyl (C=O) groups excluding carboxylic acids is 1. The number of nitrogens with zero attached hydrogens (tertiary/aromatic N) is 3. The Kier molecular flexibility index (Phi) is 5.15. The number of rotatable bonds is 3. The molecule has 0 aromatic heterocycles. The van der Waals surface area contributed by atoms with E-state index in [0.29, 0.717) is 0 Å². The summed E-state index contributed by atoms with van der Waals surface area (Å²) < 4.78 is 5.28. The van der Waals surface area contributed by atoms with E-state index in [0.717, 1.165) is 0 Å². The predicted molar refractivity (Wildman–Crippen MR) is 89.7 cm³/mol. The summed E-state index contributed by atoms with van der Waals surface area (Å²) in [6, 6.07) is 4.88. The molecule has 136 valence electrons. The summed E-state index contributed by atoms with van der Waals surface area (Å²) in [4.78, 5) is 37.3. The number of piperazine rings is 1. The van der Waals surface area contributed by atoms with Gasteiger partial charge >= 0.3 is 12.1 Å². The van der Waals surface area contributed by atoms with E-state index < -0.39 is 28.6 Å². The van der Waals surface area contributed by atoms with Gasteiger partial charge in [0.25, 0.3) is 5.69 Å². The summed E-state index contributed by atoms with van der Waals surface area (Å²) in [5.74, 6) is -1.16. The van der Waals surface area contributed by atoms with Crippen molar-refractivity contribution in [2.75, 3.05) is 24.5 Å². The number of hydrogen-bond acceptors (Lipinski definition) is 6. The van der Waals surface area contributed by atoms with Crippen LogP contribution in [0.5, 0.6) is 0 Å². The first-order chi connectivity index (χ1) is 11.6. The highest BCUT2D eigenvalue weighted by molar-refractivity contribution is 5.82. The standard InChI is InChI=1S/C16H21N3O6/c1-16(2,3)25-15(22)17-8-9-18(13(10-17)14(20)21)11-6-4-5-7-12(11)19(23)24/h4-7,13H,8-10H2,1-3H3,(H,20,21)/t13-/m0/s1. The van der Waals surface area contributed by atoms with Gasteiger partial charge in [0.15, 0.2) is 0 Å². The fourth-order valence-corrected chi connectivity index (χ4v) is 2.64. The summed E-state index contributed by atoms with van der Waals surface area (Å²) in [7, 11) is 0. The van der Waals surface area contributed by atoms with Crippen LogP contribution in [0.1, 0.15) is 20.8 Å². The zero-order valence-electron chi connectivity index (χ0n) is 14.3. The summed E-state index contributed by atoms with van der Waals surface area (Å²) in [6.07, 6.45) is -0.596. The van der Waals surface area contributed by atoms with Crippen LogP contribution >= 0.6 is 0 Å². The second-order valence-electron chi connectivity index (χ2n) is 6.72. The van der Waals surface area contributed by atoms with E-state index in [9.17, 15) is 24.8 Å². The van der Waals surface area contributed by atoms with Crippen LogP contribution in [0.25, 0.3) is 0 Å². The predicted octanol–water partition coefficient (Wildman–Crippen LogP) is 2.11. The first kappa shape index (κ1) is 18.5. The average Bonchev–Trinajstić information content (AvgIpc) is 2.52. The van der Waals surface area contributed by atoms with Gasteiger partial charge in [-0.1, -0.05) is 12.1 Å². The van der Waals surface area contributed by atoms with E-state index in [-0.39, 0.29) is 31.0 Å². The van der Waals surface area contributed by atoms with Crippen LogP contribution < -0.4 is 4.90 Å². The quantitative estimate of drug-likeness (QED) is 0.655. The van der Waals surface area contributed by atoms with Crippen molar-refractivity contribution in [1.82, 2.24) is 4.90 Å². The number of carboxylic acid groups (broad SMARTS) is 1. The lowest BCUT2D eigenvalue weighted by molar-refractivity contribution is -0.384. The van der Waals surface area contributed by atoms with E-state index in [4.69, 9.17) is 4.74 Å². The molecule has 1 aromatic carbocycles. The van der Waals surface area contributed by atoms with Gasteiger partial charge in [0.1, 0.15) is 17.3 Å². The Bertz CT molecular complexity index is 685. The number of ether oxygens (including phenoxy) is 1. The van der Waals surface area contributed by atoms with Gasteiger partial charge in [0.2, 0.25) is 0 Å². The molecule has 9 heteroatoms. The minimum atomic E-state index is -1.16. The van der Waals surface area contributed by atoms with Crippen molar-refractivity contribution < 1.29 is 24.4 Å². The van der Waals surface area contributed by atoms with Gasteiger partial charge in [-0.05, 0) is 26.8 Å². The van der Waals surface area contributed by atoms with Crippen LogP contribution in [0.15, 0.2) is 24.3 Å². The number of hydrogen-bond donors (Lipinski definition) is 1. The van der Waals surface area contributed by atoms with E-state index in [1.807, 2.05) is 0 Å². The van der Waals surface area contributed by atoms with Gasteiger partial charge < -0.3 is 19.6 Å². The molecule has 25 heavy (non-hydrogen) atoms. The molecule has 1 aromatic rings. The average molecular weight is 351 g/mol. The molecule has 0 radical (unpaired) electrons. The van der Waals surface area contributed by atoms with Crippen molar-refractivity contribution in [3.8, 4) is 0 Å². The molecule has 0 aliphatic carbocycles. The van der Waals surface area contributed by atoms with Gasteiger partial charge in [-0.15, -0.1) is 0 Å². The van der Waals surface area contributed by atoms with Crippen molar-refractivity contribution in [2.24, 2.45) is 0 Å². The zero-order valence-corrected chi connectivity index (χ0v) is 14.3. The van der Waals surface area contributed by atoms with Gasteiger partial charge in [-0.25, -0.2) is 9.59 Å². The molecule has 1 fully saturated rings. The Balaban J connectivity index is 2.25. The third kappa shape index (κ3) is 4.37. The zero-order chi connectivity index (χ0) is 18.8. The Hall–Kier alpha value is -2.84. The molecule has 1 heterocycles. The monoisotopic (exact) mass is 351 g/mol. The second-order valence-corrected chi connectivity index (χ2v) is 6.72. The highest BCUT2D eigenvalue weighted by atomic mass is 16.6. The largest absolute Gasteiger partial charge is 0.480 e. The van der Waals surface area contributed by atoms with Gasteiger partial charge in [0.05, 0.1) is 11.5 Å². The maximum atomic E-state index is 12.2. The minimum Gasteiger partial charge on any atom is -0.480 e. The molecule has 1 N–H and O–H groups in total. The summed E-state index contributed by atoms with van der Waals surface area (Å²) in [5.41, 5.74) is -0.631.